The topological polar surface area (TPSA) is 59.8 Å². The molecule has 0 saturated carbocycles. The van der Waals surface area contributed by atoms with Gasteiger partial charge in [0.1, 0.15) is 16.1 Å². The first-order valence-electron chi connectivity index (χ1n) is 5.46. The number of aromatic nitrogens is 3. The standard InChI is InChI=1S/C12H13BrN4O/c1-8-16-6-10(13)12(18)17(8)7-9-3-4-15-11(5-9)14-2/h3-6H,7H2,1-2H3,(H,14,15). The van der Waals surface area contributed by atoms with Gasteiger partial charge in [0.2, 0.25) is 0 Å². The zero-order valence-corrected chi connectivity index (χ0v) is 11.7. The van der Waals surface area contributed by atoms with Gasteiger partial charge < -0.3 is 5.32 Å². The zero-order valence-electron chi connectivity index (χ0n) is 10.1. The van der Waals surface area contributed by atoms with Crippen molar-refractivity contribution in [3.05, 3.63) is 50.7 Å². The highest BCUT2D eigenvalue weighted by molar-refractivity contribution is 9.10. The predicted octanol–water partition coefficient (Wildman–Crippen LogP) is 1.80. The third-order valence-electron chi connectivity index (χ3n) is 2.63. The summed E-state index contributed by atoms with van der Waals surface area (Å²) in [7, 11) is 1.81. The van der Waals surface area contributed by atoms with Gasteiger partial charge in [0.25, 0.3) is 5.56 Å². The molecule has 94 valence electrons. The molecule has 18 heavy (non-hydrogen) atoms. The van der Waals surface area contributed by atoms with Crippen LogP contribution in [-0.4, -0.2) is 21.6 Å². The maximum atomic E-state index is 12.0. The van der Waals surface area contributed by atoms with E-state index in [1.165, 1.54) is 6.20 Å². The van der Waals surface area contributed by atoms with Crippen LogP contribution in [0.3, 0.4) is 0 Å². The summed E-state index contributed by atoms with van der Waals surface area (Å²) in [5.74, 6) is 1.46. The largest absolute Gasteiger partial charge is 0.373 e. The Labute approximate surface area is 113 Å². The number of nitrogens with zero attached hydrogens (tertiary/aromatic N) is 3. The maximum Gasteiger partial charge on any atom is 0.268 e. The highest BCUT2D eigenvalue weighted by atomic mass is 79.9. The van der Waals surface area contributed by atoms with E-state index in [4.69, 9.17) is 0 Å². The molecule has 0 unspecified atom stereocenters. The summed E-state index contributed by atoms with van der Waals surface area (Å²) in [6, 6.07) is 3.79. The Hall–Kier alpha value is -1.69. The molecule has 0 aliphatic rings. The summed E-state index contributed by atoms with van der Waals surface area (Å²) in [4.78, 5) is 20.3. The molecule has 0 aliphatic heterocycles. The Bertz CT molecular complexity index is 624. The van der Waals surface area contributed by atoms with Crippen LogP contribution in [-0.2, 0) is 6.54 Å². The first-order valence-corrected chi connectivity index (χ1v) is 6.25. The monoisotopic (exact) mass is 308 g/mol. The fraction of sp³-hybridized carbons (Fsp3) is 0.250. The average molecular weight is 309 g/mol. The first kappa shape index (κ1) is 12.8. The van der Waals surface area contributed by atoms with Crippen LogP contribution in [0.15, 0.2) is 33.8 Å². The van der Waals surface area contributed by atoms with Crippen molar-refractivity contribution in [2.24, 2.45) is 0 Å². The van der Waals surface area contributed by atoms with Gasteiger partial charge in [-0.05, 0) is 40.5 Å². The lowest BCUT2D eigenvalue weighted by atomic mass is 10.2. The molecule has 2 aromatic rings. The van der Waals surface area contributed by atoms with Crippen LogP contribution in [0.1, 0.15) is 11.4 Å². The molecule has 0 amide bonds. The van der Waals surface area contributed by atoms with Crippen LogP contribution in [0.2, 0.25) is 0 Å². The molecule has 0 saturated heterocycles. The third-order valence-corrected chi connectivity index (χ3v) is 3.17. The number of aryl methyl sites for hydroxylation is 1. The molecule has 0 spiro atoms. The van der Waals surface area contributed by atoms with E-state index in [0.29, 0.717) is 16.8 Å². The molecule has 1 N–H and O–H groups in total. The highest BCUT2D eigenvalue weighted by Crippen LogP contribution is 2.09. The Morgan fingerprint density at radius 2 is 2.22 bits per heavy atom. The SMILES string of the molecule is CNc1cc(Cn2c(C)ncc(Br)c2=O)ccn1. The second kappa shape index (κ2) is 5.30. The van der Waals surface area contributed by atoms with E-state index in [1.54, 1.807) is 10.8 Å². The molecule has 2 aromatic heterocycles. The summed E-state index contributed by atoms with van der Waals surface area (Å²) in [6.07, 6.45) is 3.24. The molecule has 6 heteroatoms. The van der Waals surface area contributed by atoms with Crippen LogP contribution in [0.4, 0.5) is 5.82 Å². The van der Waals surface area contributed by atoms with E-state index < -0.39 is 0 Å². The minimum Gasteiger partial charge on any atom is -0.373 e. The molecule has 2 heterocycles. The van der Waals surface area contributed by atoms with Crippen LogP contribution in [0.25, 0.3) is 0 Å². The van der Waals surface area contributed by atoms with Crippen molar-refractivity contribution in [3.8, 4) is 0 Å². The fourth-order valence-electron chi connectivity index (χ4n) is 1.63. The van der Waals surface area contributed by atoms with Gasteiger partial charge in [0.15, 0.2) is 0 Å². The van der Waals surface area contributed by atoms with Crippen molar-refractivity contribution in [1.29, 1.82) is 0 Å². The van der Waals surface area contributed by atoms with Gasteiger partial charge >= 0.3 is 0 Å². The maximum absolute atomic E-state index is 12.0. The van der Waals surface area contributed by atoms with Gasteiger partial charge in [-0.1, -0.05) is 0 Å². The van der Waals surface area contributed by atoms with Crippen molar-refractivity contribution in [2.45, 2.75) is 13.5 Å². The molecule has 5 nitrogen and oxygen atoms in total. The van der Waals surface area contributed by atoms with E-state index in [-0.39, 0.29) is 5.56 Å². The second-order valence-corrected chi connectivity index (χ2v) is 4.70. The lowest BCUT2D eigenvalue weighted by Gasteiger charge is -2.10. The number of anilines is 1. The minimum atomic E-state index is -0.0784. The van der Waals surface area contributed by atoms with Crippen LogP contribution < -0.4 is 10.9 Å². The molecule has 0 bridgehead atoms. The number of hydrogen-bond donors (Lipinski definition) is 1. The smallest absolute Gasteiger partial charge is 0.268 e. The summed E-state index contributed by atoms with van der Waals surface area (Å²) in [5, 5.41) is 2.97. The summed E-state index contributed by atoms with van der Waals surface area (Å²) >= 11 is 3.20. The number of rotatable bonds is 3. The van der Waals surface area contributed by atoms with E-state index >= 15 is 0 Å². The average Bonchev–Trinajstić information content (AvgIpc) is 2.39. The fourth-order valence-corrected chi connectivity index (χ4v) is 1.95. The number of nitrogens with one attached hydrogen (secondary N) is 1. The summed E-state index contributed by atoms with van der Waals surface area (Å²) in [6.45, 7) is 2.29. The molecule has 0 fully saturated rings. The summed E-state index contributed by atoms with van der Waals surface area (Å²) < 4.78 is 2.09. The molecule has 0 aromatic carbocycles. The summed E-state index contributed by atoms with van der Waals surface area (Å²) in [5.41, 5.74) is 0.921. The van der Waals surface area contributed by atoms with Crippen LogP contribution in [0, 0.1) is 6.92 Å². The normalized spacial score (nSPS) is 10.4. The molecular weight excluding hydrogens is 296 g/mol. The van der Waals surface area contributed by atoms with Crippen molar-refractivity contribution in [1.82, 2.24) is 14.5 Å². The van der Waals surface area contributed by atoms with Crippen molar-refractivity contribution in [3.63, 3.8) is 0 Å². The van der Waals surface area contributed by atoms with Crippen LogP contribution in [0.5, 0.6) is 0 Å². The van der Waals surface area contributed by atoms with Gasteiger partial charge in [-0.2, -0.15) is 0 Å². The predicted molar refractivity (Wildman–Crippen MR) is 73.8 cm³/mol. The third kappa shape index (κ3) is 2.59. The number of pyridine rings is 1. The van der Waals surface area contributed by atoms with Gasteiger partial charge in [0.05, 0.1) is 6.54 Å². The molecule has 2 rings (SSSR count). The Kier molecular flexibility index (Phi) is 3.76. The second-order valence-electron chi connectivity index (χ2n) is 3.84. The Morgan fingerprint density at radius 3 is 2.94 bits per heavy atom. The molecule has 0 radical (unpaired) electrons. The Morgan fingerprint density at radius 1 is 1.44 bits per heavy atom. The van der Waals surface area contributed by atoms with Gasteiger partial charge in [-0.15, -0.1) is 0 Å². The van der Waals surface area contributed by atoms with E-state index in [1.807, 2.05) is 26.1 Å². The Balaban J connectivity index is 2.40. The van der Waals surface area contributed by atoms with E-state index in [2.05, 4.69) is 31.2 Å². The van der Waals surface area contributed by atoms with Crippen LogP contribution >= 0.6 is 15.9 Å². The lowest BCUT2D eigenvalue weighted by molar-refractivity contribution is 0.695. The van der Waals surface area contributed by atoms with Gasteiger partial charge in [-0.3, -0.25) is 9.36 Å². The van der Waals surface area contributed by atoms with Gasteiger partial charge in [-0.25, -0.2) is 9.97 Å². The van der Waals surface area contributed by atoms with Gasteiger partial charge in [0, 0.05) is 19.4 Å². The molecule has 0 aliphatic carbocycles. The van der Waals surface area contributed by atoms with E-state index in [0.717, 1.165) is 11.4 Å². The first-order chi connectivity index (χ1) is 8.61. The number of hydrogen-bond acceptors (Lipinski definition) is 4. The number of halogens is 1. The molecular formula is C12H13BrN4O. The molecule has 0 atom stereocenters. The van der Waals surface area contributed by atoms with Crippen molar-refractivity contribution in [2.75, 3.05) is 12.4 Å². The zero-order chi connectivity index (χ0) is 13.1. The quantitative estimate of drug-likeness (QED) is 0.939. The minimum absolute atomic E-state index is 0.0784. The van der Waals surface area contributed by atoms with Crippen molar-refractivity contribution < 1.29 is 0 Å². The van der Waals surface area contributed by atoms with Crippen molar-refractivity contribution >= 4 is 21.7 Å². The highest BCUT2D eigenvalue weighted by Gasteiger charge is 2.06. The van der Waals surface area contributed by atoms with E-state index in [9.17, 15) is 4.79 Å². The lowest BCUT2D eigenvalue weighted by Crippen LogP contribution is -2.24.